The van der Waals surface area contributed by atoms with Crippen LogP contribution in [0.4, 0.5) is 5.69 Å². The average molecular weight is 179 g/mol. The molecule has 0 aliphatic carbocycles. The Morgan fingerprint density at radius 2 is 2.00 bits per heavy atom. The Labute approximate surface area is 79.4 Å². The molecule has 0 saturated carbocycles. The molecule has 1 aromatic rings. The molecule has 0 radical (unpaired) electrons. The molecule has 0 bridgehead atoms. The summed E-state index contributed by atoms with van der Waals surface area (Å²) in [5.41, 5.74) is 8.05. The van der Waals surface area contributed by atoms with Gasteiger partial charge in [-0.15, -0.1) is 0 Å². The lowest BCUT2D eigenvalue weighted by Gasteiger charge is -2.18. The van der Waals surface area contributed by atoms with Crippen LogP contribution >= 0.6 is 0 Å². The summed E-state index contributed by atoms with van der Waals surface area (Å²) < 4.78 is 0. The average Bonchev–Trinajstić information content (AvgIpc) is 1.94. The first kappa shape index (κ1) is 10.1. The molecule has 0 aliphatic rings. The van der Waals surface area contributed by atoms with E-state index in [9.17, 15) is 5.11 Å². The lowest BCUT2D eigenvalue weighted by Crippen LogP contribution is -2.22. The van der Waals surface area contributed by atoms with Crippen molar-refractivity contribution in [1.82, 2.24) is 0 Å². The SMILES string of the molecule is Cc1ccc(N)cc1CC(C)(C)O. The zero-order chi connectivity index (χ0) is 10.1. The second-order valence-corrected chi connectivity index (χ2v) is 4.18. The number of benzene rings is 1. The summed E-state index contributed by atoms with van der Waals surface area (Å²) in [7, 11) is 0. The third-order valence-corrected chi connectivity index (χ3v) is 2.00. The molecule has 0 heterocycles. The van der Waals surface area contributed by atoms with Gasteiger partial charge in [0.15, 0.2) is 0 Å². The van der Waals surface area contributed by atoms with Gasteiger partial charge in [0.1, 0.15) is 0 Å². The Kier molecular flexibility index (Phi) is 2.62. The van der Waals surface area contributed by atoms with Crippen molar-refractivity contribution >= 4 is 5.69 Å². The number of nitrogens with two attached hydrogens (primary N) is 1. The number of hydrogen-bond donors (Lipinski definition) is 2. The molecule has 0 spiro atoms. The van der Waals surface area contributed by atoms with Gasteiger partial charge in [-0.05, 0) is 44.0 Å². The van der Waals surface area contributed by atoms with Gasteiger partial charge in [-0.25, -0.2) is 0 Å². The van der Waals surface area contributed by atoms with Crippen LogP contribution < -0.4 is 5.73 Å². The Morgan fingerprint density at radius 3 is 2.54 bits per heavy atom. The van der Waals surface area contributed by atoms with E-state index in [2.05, 4.69) is 0 Å². The van der Waals surface area contributed by atoms with E-state index in [0.29, 0.717) is 6.42 Å². The van der Waals surface area contributed by atoms with E-state index >= 15 is 0 Å². The molecule has 13 heavy (non-hydrogen) atoms. The summed E-state index contributed by atoms with van der Waals surface area (Å²) in [6, 6.07) is 5.78. The van der Waals surface area contributed by atoms with Gasteiger partial charge < -0.3 is 10.8 Å². The number of nitrogen functional groups attached to an aromatic ring is 1. The molecule has 2 heteroatoms. The summed E-state index contributed by atoms with van der Waals surface area (Å²) in [6.45, 7) is 5.63. The number of hydrogen-bond acceptors (Lipinski definition) is 2. The largest absolute Gasteiger partial charge is 0.399 e. The van der Waals surface area contributed by atoms with Crippen LogP contribution in [-0.2, 0) is 6.42 Å². The molecular formula is C11H17NO. The highest BCUT2D eigenvalue weighted by molar-refractivity contribution is 5.44. The summed E-state index contributed by atoms with van der Waals surface area (Å²) in [5, 5.41) is 9.65. The minimum Gasteiger partial charge on any atom is -0.399 e. The van der Waals surface area contributed by atoms with Crippen LogP contribution in [0.2, 0.25) is 0 Å². The molecule has 0 amide bonds. The van der Waals surface area contributed by atoms with E-state index in [-0.39, 0.29) is 0 Å². The maximum atomic E-state index is 9.65. The fourth-order valence-electron chi connectivity index (χ4n) is 1.35. The van der Waals surface area contributed by atoms with Crippen molar-refractivity contribution in [1.29, 1.82) is 0 Å². The van der Waals surface area contributed by atoms with Gasteiger partial charge in [0.2, 0.25) is 0 Å². The fraction of sp³-hybridized carbons (Fsp3) is 0.455. The first-order chi connectivity index (χ1) is 5.88. The normalized spacial score (nSPS) is 11.7. The van der Waals surface area contributed by atoms with E-state index in [1.807, 2.05) is 25.1 Å². The highest BCUT2D eigenvalue weighted by Crippen LogP contribution is 2.18. The van der Waals surface area contributed by atoms with E-state index in [0.717, 1.165) is 11.3 Å². The number of rotatable bonds is 2. The van der Waals surface area contributed by atoms with Gasteiger partial charge in [-0.2, -0.15) is 0 Å². The smallest absolute Gasteiger partial charge is 0.0632 e. The van der Waals surface area contributed by atoms with Gasteiger partial charge in [-0.3, -0.25) is 0 Å². The van der Waals surface area contributed by atoms with Crippen LogP contribution in [0.25, 0.3) is 0 Å². The number of anilines is 1. The third-order valence-electron chi connectivity index (χ3n) is 2.00. The summed E-state index contributed by atoms with van der Waals surface area (Å²) in [4.78, 5) is 0. The van der Waals surface area contributed by atoms with E-state index in [1.54, 1.807) is 13.8 Å². The van der Waals surface area contributed by atoms with E-state index in [1.165, 1.54) is 5.56 Å². The maximum absolute atomic E-state index is 9.65. The van der Waals surface area contributed by atoms with Crippen LogP contribution in [0.5, 0.6) is 0 Å². The predicted molar refractivity (Wildman–Crippen MR) is 55.6 cm³/mol. The van der Waals surface area contributed by atoms with Crippen molar-refractivity contribution in [2.75, 3.05) is 5.73 Å². The second kappa shape index (κ2) is 3.38. The van der Waals surface area contributed by atoms with E-state index in [4.69, 9.17) is 5.73 Å². The molecule has 0 aromatic heterocycles. The summed E-state index contributed by atoms with van der Waals surface area (Å²) in [5.74, 6) is 0. The van der Waals surface area contributed by atoms with Crippen LogP contribution in [0.15, 0.2) is 18.2 Å². The molecule has 1 aromatic carbocycles. The molecule has 0 unspecified atom stereocenters. The van der Waals surface area contributed by atoms with Gasteiger partial charge in [0.05, 0.1) is 5.60 Å². The first-order valence-electron chi connectivity index (χ1n) is 4.46. The second-order valence-electron chi connectivity index (χ2n) is 4.18. The van der Waals surface area contributed by atoms with Gasteiger partial charge in [-0.1, -0.05) is 6.07 Å². The van der Waals surface area contributed by atoms with Crippen LogP contribution in [0.1, 0.15) is 25.0 Å². The quantitative estimate of drug-likeness (QED) is 0.681. The third kappa shape index (κ3) is 3.07. The molecule has 3 N–H and O–H groups in total. The highest BCUT2D eigenvalue weighted by atomic mass is 16.3. The Morgan fingerprint density at radius 1 is 1.38 bits per heavy atom. The minimum atomic E-state index is -0.668. The van der Waals surface area contributed by atoms with Crippen molar-refractivity contribution in [3.63, 3.8) is 0 Å². The van der Waals surface area contributed by atoms with Crippen molar-refractivity contribution in [3.8, 4) is 0 Å². The van der Waals surface area contributed by atoms with Crippen LogP contribution in [0.3, 0.4) is 0 Å². The van der Waals surface area contributed by atoms with E-state index < -0.39 is 5.60 Å². The molecule has 0 fully saturated rings. The molecule has 72 valence electrons. The van der Waals surface area contributed by atoms with Crippen molar-refractivity contribution in [2.45, 2.75) is 32.8 Å². The minimum absolute atomic E-state index is 0.643. The molecule has 1 rings (SSSR count). The number of aryl methyl sites for hydroxylation is 1. The standard InChI is InChI=1S/C11H17NO/c1-8-4-5-10(12)6-9(8)7-11(2,3)13/h4-6,13H,7,12H2,1-3H3. The van der Waals surface area contributed by atoms with Crippen molar-refractivity contribution in [3.05, 3.63) is 29.3 Å². The van der Waals surface area contributed by atoms with Gasteiger partial charge in [0.25, 0.3) is 0 Å². The lowest BCUT2D eigenvalue weighted by atomic mass is 9.95. The number of aliphatic hydroxyl groups is 1. The van der Waals surface area contributed by atoms with Crippen LogP contribution in [-0.4, -0.2) is 10.7 Å². The Bertz CT molecular complexity index is 299. The topological polar surface area (TPSA) is 46.2 Å². The summed E-state index contributed by atoms with van der Waals surface area (Å²) >= 11 is 0. The molecule has 0 saturated heterocycles. The zero-order valence-electron chi connectivity index (χ0n) is 8.46. The first-order valence-corrected chi connectivity index (χ1v) is 4.46. The lowest BCUT2D eigenvalue weighted by molar-refractivity contribution is 0.0808. The maximum Gasteiger partial charge on any atom is 0.0632 e. The highest BCUT2D eigenvalue weighted by Gasteiger charge is 2.14. The zero-order valence-corrected chi connectivity index (χ0v) is 8.46. The Hall–Kier alpha value is -1.02. The predicted octanol–water partition coefficient (Wildman–Crippen LogP) is 1.89. The molecule has 0 atom stereocenters. The van der Waals surface area contributed by atoms with Crippen molar-refractivity contribution in [2.24, 2.45) is 0 Å². The fourth-order valence-corrected chi connectivity index (χ4v) is 1.35. The van der Waals surface area contributed by atoms with Gasteiger partial charge >= 0.3 is 0 Å². The van der Waals surface area contributed by atoms with Crippen LogP contribution in [0, 0.1) is 6.92 Å². The Balaban J connectivity index is 2.94. The molecule has 2 nitrogen and oxygen atoms in total. The monoisotopic (exact) mass is 179 g/mol. The summed E-state index contributed by atoms with van der Waals surface area (Å²) in [6.07, 6.45) is 0.643. The van der Waals surface area contributed by atoms with Gasteiger partial charge in [0, 0.05) is 12.1 Å². The van der Waals surface area contributed by atoms with Crippen molar-refractivity contribution < 1.29 is 5.11 Å². The molecular weight excluding hydrogens is 162 g/mol. The molecule has 0 aliphatic heterocycles.